The van der Waals surface area contributed by atoms with Gasteiger partial charge < -0.3 is 15.8 Å². The molecule has 0 heterocycles. The van der Waals surface area contributed by atoms with Crippen molar-refractivity contribution >= 4 is 18.3 Å². The lowest BCUT2D eigenvalue weighted by molar-refractivity contribution is -0.124. The molecule has 1 amide bonds. The number of carbonyl (C=O) groups is 1. The Bertz CT molecular complexity index is 288. The van der Waals surface area contributed by atoms with Gasteiger partial charge in [0.2, 0.25) is 5.91 Å². The zero-order chi connectivity index (χ0) is 12.4. The van der Waals surface area contributed by atoms with Gasteiger partial charge in [-0.1, -0.05) is 6.42 Å². The molecule has 0 saturated heterocycles. The lowest BCUT2D eigenvalue weighted by Gasteiger charge is -2.29. The van der Waals surface area contributed by atoms with Crippen LogP contribution in [0.15, 0.2) is 0 Å². The number of carbonyl (C=O) groups excluding carboxylic acids is 1. The molecule has 5 unspecified atom stereocenters. The lowest BCUT2D eigenvalue weighted by atomic mass is 9.84. The SMILES string of the molecule is COCC(N)C(=O)NC(C)C1CC2CCC1C2.Cl. The molecule has 2 saturated carbocycles. The molecule has 0 spiro atoms. The maximum Gasteiger partial charge on any atom is 0.239 e. The zero-order valence-electron chi connectivity index (χ0n) is 11.2. The van der Waals surface area contributed by atoms with Crippen molar-refractivity contribution in [1.29, 1.82) is 0 Å². The topological polar surface area (TPSA) is 64.3 Å². The van der Waals surface area contributed by atoms with Gasteiger partial charge in [0.05, 0.1) is 6.61 Å². The van der Waals surface area contributed by atoms with E-state index in [4.69, 9.17) is 10.5 Å². The summed E-state index contributed by atoms with van der Waals surface area (Å²) < 4.78 is 4.90. The van der Waals surface area contributed by atoms with E-state index in [2.05, 4.69) is 12.2 Å². The van der Waals surface area contributed by atoms with E-state index in [9.17, 15) is 4.79 Å². The standard InChI is InChI=1S/C13H24N2O2.ClH/c1-8(15-13(16)12(14)7-17-2)11-6-9-3-4-10(11)5-9;/h8-12H,3-7,14H2,1-2H3,(H,15,16);1H. The van der Waals surface area contributed by atoms with Crippen LogP contribution in [0.2, 0.25) is 0 Å². The number of fused-ring (bicyclic) bond motifs is 2. The van der Waals surface area contributed by atoms with E-state index < -0.39 is 6.04 Å². The van der Waals surface area contributed by atoms with E-state index in [0.717, 1.165) is 11.8 Å². The fourth-order valence-corrected chi connectivity index (χ4v) is 3.60. The van der Waals surface area contributed by atoms with Crippen LogP contribution in [0.4, 0.5) is 0 Å². The van der Waals surface area contributed by atoms with Gasteiger partial charge in [-0.05, 0) is 43.9 Å². The third-order valence-electron chi connectivity index (χ3n) is 4.49. The van der Waals surface area contributed by atoms with Gasteiger partial charge in [-0.3, -0.25) is 4.79 Å². The highest BCUT2D eigenvalue weighted by Gasteiger charge is 2.42. The van der Waals surface area contributed by atoms with E-state index in [1.54, 1.807) is 7.11 Å². The van der Waals surface area contributed by atoms with Crippen molar-refractivity contribution in [1.82, 2.24) is 5.32 Å². The van der Waals surface area contributed by atoms with Crippen molar-refractivity contribution in [2.24, 2.45) is 23.5 Å². The summed E-state index contributed by atoms with van der Waals surface area (Å²) in [6, 6.07) is -0.290. The molecule has 2 aliphatic rings. The van der Waals surface area contributed by atoms with Crippen LogP contribution in [0, 0.1) is 17.8 Å². The Morgan fingerprint density at radius 3 is 2.67 bits per heavy atom. The van der Waals surface area contributed by atoms with Crippen molar-refractivity contribution in [3.63, 3.8) is 0 Å². The van der Waals surface area contributed by atoms with Gasteiger partial charge in [0, 0.05) is 13.2 Å². The minimum Gasteiger partial charge on any atom is -0.383 e. The summed E-state index contributed by atoms with van der Waals surface area (Å²) in [5, 5.41) is 3.05. The van der Waals surface area contributed by atoms with Crippen LogP contribution in [0.5, 0.6) is 0 Å². The number of hydrogen-bond donors (Lipinski definition) is 2. The van der Waals surface area contributed by atoms with Crippen LogP contribution in [0.1, 0.15) is 32.6 Å². The Morgan fingerprint density at radius 1 is 1.44 bits per heavy atom. The van der Waals surface area contributed by atoms with Crippen molar-refractivity contribution in [3.8, 4) is 0 Å². The predicted molar refractivity (Wildman–Crippen MR) is 73.6 cm³/mol. The molecule has 5 heteroatoms. The van der Waals surface area contributed by atoms with Gasteiger partial charge in [-0.2, -0.15) is 0 Å². The summed E-state index contributed by atoms with van der Waals surface area (Å²) in [7, 11) is 1.56. The number of ether oxygens (including phenoxy) is 1. The fourth-order valence-electron chi connectivity index (χ4n) is 3.60. The zero-order valence-corrected chi connectivity index (χ0v) is 12.0. The molecule has 3 N–H and O–H groups in total. The van der Waals surface area contributed by atoms with Gasteiger partial charge in [0.15, 0.2) is 0 Å². The van der Waals surface area contributed by atoms with Gasteiger partial charge >= 0.3 is 0 Å². The molecule has 18 heavy (non-hydrogen) atoms. The van der Waals surface area contributed by atoms with Gasteiger partial charge in [0.25, 0.3) is 0 Å². The van der Waals surface area contributed by atoms with Gasteiger partial charge in [0.1, 0.15) is 6.04 Å². The molecular formula is C13H25ClN2O2. The molecule has 0 aromatic carbocycles. The minimum atomic E-state index is -0.541. The van der Waals surface area contributed by atoms with Crippen LogP contribution in [0.25, 0.3) is 0 Å². The van der Waals surface area contributed by atoms with Crippen LogP contribution in [-0.2, 0) is 9.53 Å². The lowest BCUT2D eigenvalue weighted by Crippen LogP contribution is -2.49. The summed E-state index contributed by atoms with van der Waals surface area (Å²) in [4.78, 5) is 11.8. The number of halogens is 1. The summed E-state index contributed by atoms with van der Waals surface area (Å²) in [5.74, 6) is 2.32. The number of methoxy groups -OCH3 is 1. The van der Waals surface area contributed by atoms with E-state index >= 15 is 0 Å². The summed E-state index contributed by atoms with van der Waals surface area (Å²) in [5.41, 5.74) is 5.71. The maximum absolute atomic E-state index is 11.8. The number of nitrogens with two attached hydrogens (primary N) is 1. The molecule has 106 valence electrons. The van der Waals surface area contributed by atoms with E-state index in [1.165, 1.54) is 25.7 Å². The normalized spacial score (nSPS) is 32.7. The minimum absolute atomic E-state index is 0. The molecule has 0 aromatic rings. The third-order valence-corrected chi connectivity index (χ3v) is 4.49. The van der Waals surface area contributed by atoms with Crippen LogP contribution >= 0.6 is 12.4 Å². The molecule has 2 bridgehead atoms. The van der Waals surface area contributed by atoms with Crippen molar-refractivity contribution in [2.45, 2.75) is 44.7 Å². The number of rotatable bonds is 5. The fraction of sp³-hybridized carbons (Fsp3) is 0.923. The molecule has 0 aromatic heterocycles. The Hall–Kier alpha value is -0.320. The monoisotopic (exact) mass is 276 g/mol. The first-order valence-electron chi connectivity index (χ1n) is 6.66. The van der Waals surface area contributed by atoms with E-state index in [0.29, 0.717) is 5.92 Å². The Kier molecular flexibility index (Phi) is 5.89. The highest BCUT2D eigenvalue weighted by molar-refractivity contribution is 5.85. The quantitative estimate of drug-likeness (QED) is 0.796. The molecule has 0 radical (unpaired) electrons. The highest BCUT2D eigenvalue weighted by Crippen LogP contribution is 2.49. The third kappa shape index (κ3) is 3.37. The second-order valence-corrected chi connectivity index (χ2v) is 5.70. The van der Waals surface area contributed by atoms with Gasteiger partial charge in [-0.25, -0.2) is 0 Å². The molecular weight excluding hydrogens is 252 g/mol. The average molecular weight is 277 g/mol. The van der Waals surface area contributed by atoms with Gasteiger partial charge in [-0.15, -0.1) is 12.4 Å². The summed E-state index contributed by atoms with van der Waals surface area (Å²) in [6.45, 7) is 2.40. The molecule has 2 aliphatic carbocycles. The van der Waals surface area contributed by atoms with E-state index in [1.807, 2.05) is 0 Å². The first-order chi connectivity index (χ1) is 8.11. The Labute approximate surface area is 115 Å². The summed E-state index contributed by atoms with van der Waals surface area (Å²) in [6.07, 6.45) is 5.39. The molecule has 5 atom stereocenters. The number of amides is 1. The largest absolute Gasteiger partial charge is 0.383 e. The molecule has 0 aliphatic heterocycles. The van der Waals surface area contributed by atoms with Crippen LogP contribution < -0.4 is 11.1 Å². The van der Waals surface area contributed by atoms with Crippen LogP contribution in [-0.4, -0.2) is 31.7 Å². The average Bonchev–Trinajstić information content (AvgIpc) is 2.90. The second-order valence-electron chi connectivity index (χ2n) is 5.70. The van der Waals surface area contributed by atoms with Crippen LogP contribution in [0.3, 0.4) is 0 Å². The van der Waals surface area contributed by atoms with Crippen molar-refractivity contribution in [3.05, 3.63) is 0 Å². The smallest absolute Gasteiger partial charge is 0.239 e. The molecule has 2 rings (SSSR count). The molecule has 2 fully saturated rings. The number of nitrogens with one attached hydrogen (secondary N) is 1. The first kappa shape index (κ1) is 15.7. The van der Waals surface area contributed by atoms with Crippen molar-refractivity contribution in [2.75, 3.05) is 13.7 Å². The predicted octanol–water partition coefficient (Wildman–Crippen LogP) is 1.32. The Balaban J connectivity index is 0.00000162. The number of hydrogen-bond acceptors (Lipinski definition) is 3. The maximum atomic E-state index is 11.8. The Morgan fingerprint density at radius 2 is 2.17 bits per heavy atom. The van der Waals surface area contributed by atoms with E-state index in [-0.39, 0.29) is 31.0 Å². The second kappa shape index (κ2) is 6.73. The van der Waals surface area contributed by atoms with Crippen molar-refractivity contribution < 1.29 is 9.53 Å². The molecule has 4 nitrogen and oxygen atoms in total. The first-order valence-corrected chi connectivity index (χ1v) is 6.66. The summed E-state index contributed by atoms with van der Waals surface area (Å²) >= 11 is 0. The highest BCUT2D eigenvalue weighted by atomic mass is 35.5.